The van der Waals surface area contributed by atoms with Crippen molar-refractivity contribution in [1.29, 1.82) is 0 Å². The van der Waals surface area contributed by atoms with Crippen LogP contribution in [0.15, 0.2) is 12.1 Å². The number of nitrogens with zero attached hydrogens (tertiary/aromatic N) is 2. The van der Waals surface area contributed by atoms with E-state index in [0.29, 0.717) is 5.69 Å². The summed E-state index contributed by atoms with van der Waals surface area (Å²) in [5.74, 6) is -0.576. The number of rotatable bonds is 2. The zero-order valence-electron chi connectivity index (χ0n) is 5.83. The lowest BCUT2D eigenvalue weighted by Crippen LogP contribution is -2.04. The first kappa shape index (κ1) is 9.22. The minimum absolute atomic E-state index is 0.00628. The summed E-state index contributed by atoms with van der Waals surface area (Å²) >= 11 is 10.3. The van der Waals surface area contributed by atoms with E-state index < -0.39 is 5.97 Å². The molecule has 0 aliphatic rings. The lowest BCUT2D eigenvalue weighted by Gasteiger charge is -1.94. The quantitative estimate of drug-likeness (QED) is 0.734. The Hall–Kier alpha value is -0.870. The predicted molar refractivity (Wildman–Crippen MR) is 42.7 cm³/mol. The molecule has 0 saturated heterocycles. The highest BCUT2D eigenvalue weighted by Gasteiger charge is 2.05. The van der Waals surface area contributed by atoms with E-state index in [9.17, 15) is 4.79 Å². The Morgan fingerprint density at radius 3 is 2.75 bits per heavy atom. The van der Waals surface area contributed by atoms with Gasteiger partial charge in [-0.25, -0.2) is 0 Å². The molecule has 0 fully saturated rings. The molecule has 0 aromatic carbocycles. The van der Waals surface area contributed by atoms with Crippen molar-refractivity contribution in [2.45, 2.75) is 6.42 Å². The number of aromatic nitrogens is 2. The first-order valence-electron chi connectivity index (χ1n) is 3.02. The van der Waals surface area contributed by atoms with Gasteiger partial charge in [0.2, 0.25) is 0 Å². The standard InChI is InChI=1S/C6H4Cl2N2O2/c7-5-2-1-4(9-10-5)3-6(11)12-8/h1-2H,3H2. The van der Waals surface area contributed by atoms with Crippen LogP contribution in [0.3, 0.4) is 0 Å². The molecule has 0 radical (unpaired) electrons. The fourth-order valence-corrected chi connectivity index (χ4v) is 0.768. The van der Waals surface area contributed by atoms with Crippen LogP contribution in [0.5, 0.6) is 0 Å². The molecule has 0 amide bonds. The molecule has 1 rings (SSSR count). The molecule has 12 heavy (non-hydrogen) atoms. The topological polar surface area (TPSA) is 52.1 Å². The molecule has 0 N–H and O–H groups in total. The first-order valence-corrected chi connectivity index (χ1v) is 3.70. The minimum Gasteiger partial charge on any atom is -0.347 e. The van der Waals surface area contributed by atoms with Crippen molar-refractivity contribution >= 4 is 29.4 Å². The lowest BCUT2D eigenvalue weighted by molar-refractivity contribution is -0.133. The van der Waals surface area contributed by atoms with Crippen LogP contribution in [-0.2, 0) is 15.5 Å². The number of hydrogen-bond donors (Lipinski definition) is 0. The maximum Gasteiger partial charge on any atom is 0.330 e. The zero-order chi connectivity index (χ0) is 8.97. The van der Waals surface area contributed by atoms with Gasteiger partial charge in [-0.2, -0.15) is 5.10 Å². The molecule has 1 aromatic rings. The molecule has 0 atom stereocenters. The van der Waals surface area contributed by atoms with Gasteiger partial charge in [0.25, 0.3) is 0 Å². The molecule has 0 bridgehead atoms. The molecule has 4 nitrogen and oxygen atoms in total. The summed E-state index contributed by atoms with van der Waals surface area (Å²) in [6.45, 7) is 0. The first-order chi connectivity index (χ1) is 5.72. The highest BCUT2D eigenvalue weighted by Crippen LogP contribution is 2.03. The van der Waals surface area contributed by atoms with Crippen LogP contribution in [0, 0.1) is 0 Å². The number of carbonyl (C=O) groups excluding carboxylic acids is 1. The maximum absolute atomic E-state index is 10.6. The average Bonchev–Trinajstić information content (AvgIpc) is 2.09. The van der Waals surface area contributed by atoms with Crippen LogP contribution in [0.1, 0.15) is 5.69 Å². The Kier molecular flexibility index (Phi) is 3.25. The van der Waals surface area contributed by atoms with Gasteiger partial charge in [-0.05, 0) is 12.1 Å². The second-order valence-electron chi connectivity index (χ2n) is 1.97. The lowest BCUT2D eigenvalue weighted by atomic mass is 10.3. The van der Waals surface area contributed by atoms with Crippen molar-refractivity contribution in [3.8, 4) is 0 Å². The summed E-state index contributed by atoms with van der Waals surface area (Å²) in [6, 6.07) is 3.11. The summed E-state index contributed by atoms with van der Waals surface area (Å²) < 4.78 is 3.92. The van der Waals surface area contributed by atoms with Gasteiger partial charge in [0.05, 0.1) is 12.1 Å². The SMILES string of the molecule is O=C(Cc1ccc(Cl)nn1)OCl. The van der Waals surface area contributed by atoms with Crippen LogP contribution < -0.4 is 0 Å². The Labute approximate surface area is 78.6 Å². The molecule has 0 aliphatic carbocycles. The van der Waals surface area contributed by atoms with Crippen LogP contribution >= 0.6 is 23.5 Å². The van der Waals surface area contributed by atoms with E-state index in [0.717, 1.165) is 0 Å². The van der Waals surface area contributed by atoms with Crippen molar-refractivity contribution in [2.75, 3.05) is 0 Å². The van der Waals surface area contributed by atoms with Crippen molar-refractivity contribution in [2.24, 2.45) is 0 Å². The fraction of sp³-hybridized carbons (Fsp3) is 0.167. The molecule has 0 spiro atoms. The molecular weight excluding hydrogens is 203 g/mol. The Bertz CT molecular complexity index is 275. The van der Waals surface area contributed by atoms with Crippen LogP contribution in [0.2, 0.25) is 5.15 Å². The molecular formula is C6H4Cl2N2O2. The molecule has 1 heterocycles. The largest absolute Gasteiger partial charge is 0.347 e. The third kappa shape index (κ3) is 2.64. The van der Waals surface area contributed by atoms with Gasteiger partial charge in [-0.3, -0.25) is 4.79 Å². The van der Waals surface area contributed by atoms with E-state index >= 15 is 0 Å². The normalized spacial score (nSPS) is 9.50. The maximum atomic E-state index is 10.6. The van der Waals surface area contributed by atoms with Gasteiger partial charge in [0.15, 0.2) is 5.15 Å². The monoisotopic (exact) mass is 206 g/mol. The van der Waals surface area contributed by atoms with Crippen molar-refractivity contribution in [3.05, 3.63) is 23.0 Å². The molecule has 0 saturated carbocycles. The van der Waals surface area contributed by atoms with Crippen molar-refractivity contribution < 1.29 is 9.08 Å². The van der Waals surface area contributed by atoms with Crippen molar-refractivity contribution in [1.82, 2.24) is 10.2 Å². The van der Waals surface area contributed by atoms with Gasteiger partial charge in [-0.1, -0.05) is 11.6 Å². The van der Waals surface area contributed by atoms with E-state index in [1.807, 2.05) is 0 Å². The minimum atomic E-state index is -0.576. The van der Waals surface area contributed by atoms with Crippen LogP contribution in [0.4, 0.5) is 0 Å². The van der Waals surface area contributed by atoms with Gasteiger partial charge < -0.3 is 4.29 Å². The second kappa shape index (κ2) is 4.23. The Morgan fingerprint density at radius 1 is 1.50 bits per heavy atom. The van der Waals surface area contributed by atoms with Gasteiger partial charge in [0, 0.05) is 0 Å². The molecule has 6 heteroatoms. The van der Waals surface area contributed by atoms with E-state index in [2.05, 4.69) is 14.5 Å². The zero-order valence-corrected chi connectivity index (χ0v) is 7.34. The summed E-state index contributed by atoms with van der Waals surface area (Å²) in [4.78, 5) is 10.6. The fourth-order valence-electron chi connectivity index (χ4n) is 0.613. The number of hydrogen-bond acceptors (Lipinski definition) is 4. The second-order valence-corrected chi connectivity index (χ2v) is 2.51. The Balaban J connectivity index is 2.64. The third-order valence-corrected chi connectivity index (χ3v) is 1.47. The summed E-state index contributed by atoms with van der Waals surface area (Å²) in [6.07, 6.45) is -0.00628. The molecule has 1 aromatic heterocycles. The highest BCUT2D eigenvalue weighted by molar-refractivity contribution is 6.29. The highest BCUT2D eigenvalue weighted by atomic mass is 35.5. The third-order valence-electron chi connectivity index (χ3n) is 1.10. The van der Waals surface area contributed by atoms with Crippen LogP contribution in [-0.4, -0.2) is 16.2 Å². The van der Waals surface area contributed by atoms with E-state index in [1.165, 1.54) is 6.07 Å². The molecule has 64 valence electrons. The van der Waals surface area contributed by atoms with E-state index in [4.69, 9.17) is 23.5 Å². The summed E-state index contributed by atoms with van der Waals surface area (Å²) in [5, 5.41) is 7.43. The Morgan fingerprint density at radius 2 is 2.25 bits per heavy atom. The summed E-state index contributed by atoms with van der Waals surface area (Å²) in [5.41, 5.74) is 0.463. The van der Waals surface area contributed by atoms with Crippen LogP contribution in [0.25, 0.3) is 0 Å². The van der Waals surface area contributed by atoms with Crippen molar-refractivity contribution in [3.63, 3.8) is 0 Å². The van der Waals surface area contributed by atoms with E-state index in [1.54, 1.807) is 6.07 Å². The van der Waals surface area contributed by atoms with Gasteiger partial charge >= 0.3 is 5.97 Å². The average molecular weight is 207 g/mol. The summed E-state index contributed by atoms with van der Waals surface area (Å²) in [7, 11) is 0. The van der Waals surface area contributed by atoms with E-state index in [-0.39, 0.29) is 11.6 Å². The number of halogens is 2. The van der Waals surface area contributed by atoms with Gasteiger partial charge in [0.1, 0.15) is 11.9 Å². The number of carbonyl (C=O) groups is 1. The predicted octanol–water partition coefficient (Wildman–Crippen LogP) is 1.37. The molecule has 0 unspecified atom stereocenters. The van der Waals surface area contributed by atoms with Gasteiger partial charge in [-0.15, -0.1) is 5.10 Å². The molecule has 0 aliphatic heterocycles. The smallest absolute Gasteiger partial charge is 0.330 e.